The number of benzene rings is 2. The molecule has 0 saturated heterocycles. The van der Waals surface area contributed by atoms with Crippen LogP contribution in [0, 0.1) is 0 Å². The van der Waals surface area contributed by atoms with E-state index in [-0.39, 0.29) is 13.2 Å². The number of ether oxygens (including phenoxy) is 3. The molecule has 2 amide bonds. The van der Waals surface area contributed by atoms with Crippen molar-refractivity contribution in [3.63, 3.8) is 0 Å². The van der Waals surface area contributed by atoms with E-state index in [9.17, 15) is 14.4 Å². The molecule has 0 aliphatic heterocycles. The van der Waals surface area contributed by atoms with Crippen molar-refractivity contribution in [2.45, 2.75) is 20.5 Å². The number of hydrogen-bond donors (Lipinski definition) is 2. The molecule has 2 aromatic carbocycles. The van der Waals surface area contributed by atoms with Crippen molar-refractivity contribution in [1.29, 1.82) is 0 Å². The average molecular weight is 400 g/mol. The standard InChI is InChI=1S/C21H24N2O6/c1-3-27-17-10-9-16(11-18(17)28-4-2)21(26)23-12-19(24)29-13-14-5-7-15(8-6-14)20(22)25/h5-11H,3-4,12-13H2,1-2H3,(H2,22,25)(H,23,26). The van der Waals surface area contributed by atoms with E-state index in [1.807, 2.05) is 13.8 Å². The maximum absolute atomic E-state index is 12.3. The van der Waals surface area contributed by atoms with Crippen LogP contribution in [0.3, 0.4) is 0 Å². The highest BCUT2D eigenvalue weighted by Gasteiger charge is 2.13. The fourth-order valence-electron chi connectivity index (χ4n) is 2.43. The van der Waals surface area contributed by atoms with Gasteiger partial charge in [0.05, 0.1) is 13.2 Å². The molecule has 0 heterocycles. The van der Waals surface area contributed by atoms with E-state index >= 15 is 0 Å². The molecule has 3 N–H and O–H groups in total. The summed E-state index contributed by atoms with van der Waals surface area (Å²) in [6.45, 7) is 4.33. The largest absolute Gasteiger partial charge is 0.490 e. The molecule has 154 valence electrons. The van der Waals surface area contributed by atoms with Gasteiger partial charge in [-0.25, -0.2) is 0 Å². The number of nitrogens with one attached hydrogen (secondary N) is 1. The Morgan fingerprint density at radius 3 is 2.14 bits per heavy atom. The first-order valence-electron chi connectivity index (χ1n) is 9.16. The third kappa shape index (κ3) is 6.53. The molecule has 0 fully saturated rings. The molecular formula is C21H24N2O6. The molecule has 0 spiro atoms. The number of nitrogens with two attached hydrogens (primary N) is 1. The summed E-state index contributed by atoms with van der Waals surface area (Å²) < 4.78 is 16.1. The van der Waals surface area contributed by atoms with Crippen molar-refractivity contribution >= 4 is 17.8 Å². The lowest BCUT2D eigenvalue weighted by atomic mass is 10.1. The summed E-state index contributed by atoms with van der Waals surface area (Å²) in [5.41, 5.74) is 6.58. The summed E-state index contributed by atoms with van der Waals surface area (Å²) in [4.78, 5) is 35.2. The first-order valence-corrected chi connectivity index (χ1v) is 9.16. The Bertz CT molecular complexity index is 864. The van der Waals surface area contributed by atoms with Crippen molar-refractivity contribution in [3.8, 4) is 11.5 Å². The molecule has 0 aromatic heterocycles. The first kappa shape index (κ1) is 21.7. The van der Waals surface area contributed by atoms with Crippen LogP contribution in [-0.2, 0) is 16.1 Å². The molecule has 0 unspecified atom stereocenters. The fourth-order valence-corrected chi connectivity index (χ4v) is 2.43. The van der Waals surface area contributed by atoms with Gasteiger partial charge in [-0.3, -0.25) is 14.4 Å². The van der Waals surface area contributed by atoms with E-state index in [4.69, 9.17) is 19.9 Å². The zero-order valence-corrected chi connectivity index (χ0v) is 16.4. The molecule has 2 aromatic rings. The summed E-state index contributed by atoms with van der Waals surface area (Å²) in [6, 6.07) is 11.2. The molecule has 0 atom stereocenters. The smallest absolute Gasteiger partial charge is 0.325 e. The summed E-state index contributed by atoms with van der Waals surface area (Å²) in [7, 11) is 0. The van der Waals surface area contributed by atoms with E-state index in [1.54, 1.807) is 42.5 Å². The quantitative estimate of drug-likeness (QED) is 0.590. The Balaban J connectivity index is 1.87. The molecule has 8 nitrogen and oxygen atoms in total. The topological polar surface area (TPSA) is 117 Å². The summed E-state index contributed by atoms with van der Waals surface area (Å²) in [5.74, 6) is -0.542. The number of carbonyl (C=O) groups is 3. The van der Waals surface area contributed by atoms with Gasteiger partial charge in [-0.05, 0) is 49.7 Å². The molecule has 0 radical (unpaired) electrons. The van der Waals surface area contributed by atoms with E-state index in [0.29, 0.717) is 41.4 Å². The van der Waals surface area contributed by atoms with Gasteiger partial charge in [0.1, 0.15) is 13.2 Å². The summed E-state index contributed by atoms with van der Waals surface area (Å²) in [5, 5.41) is 2.51. The molecule has 0 aliphatic rings. The molecular weight excluding hydrogens is 376 g/mol. The van der Waals surface area contributed by atoms with Crippen molar-refractivity contribution < 1.29 is 28.6 Å². The molecule has 0 bridgehead atoms. The van der Waals surface area contributed by atoms with E-state index in [2.05, 4.69) is 5.32 Å². The Kier molecular flexibility index (Phi) is 8.02. The zero-order chi connectivity index (χ0) is 21.2. The highest BCUT2D eigenvalue weighted by atomic mass is 16.5. The lowest BCUT2D eigenvalue weighted by Gasteiger charge is -2.12. The van der Waals surface area contributed by atoms with E-state index < -0.39 is 17.8 Å². The van der Waals surface area contributed by atoms with Crippen LogP contribution in [0.25, 0.3) is 0 Å². The molecule has 29 heavy (non-hydrogen) atoms. The second-order valence-electron chi connectivity index (χ2n) is 5.93. The first-order chi connectivity index (χ1) is 13.9. The highest BCUT2D eigenvalue weighted by molar-refractivity contribution is 5.96. The number of hydrogen-bond acceptors (Lipinski definition) is 6. The summed E-state index contributed by atoms with van der Waals surface area (Å²) in [6.07, 6.45) is 0. The number of amides is 2. The molecule has 2 rings (SSSR count). The van der Waals surface area contributed by atoms with Crippen LogP contribution in [0.15, 0.2) is 42.5 Å². The minimum Gasteiger partial charge on any atom is -0.490 e. The summed E-state index contributed by atoms with van der Waals surface area (Å²) >= 11 is 0. The number of primary amides is 1. The minimum atomic E-state index is -0.590. The van der Waals surface area contributed by atoms with Gasteiger partial charge in [-0.2, -0.15) is 0 Å². The third-order valence-electron chi connectivity index (χ3n) is 3.84. The number of rotatable bonds is 10. The van der Waals surface area contributed by atoms with Crippen LogP contribution in [0.2, 0.25) is 0 Å². The third-order valence-corrected chi connectivity index (χ3v) is 3.84. The van der Waals surface area contributed by atoms with Crippen molar-refractivity contribution in [2.24, 2.45) is 5.73 Å². The minimum absolute atomic E-state index is 0.0191. The fraction of sp³-hybridized carbons (Fsp3) is 0.286. The average Bonchev–Trinajstić information content (AvgIpc) is 2.72. The van der Waals surface area contributed by atoms with Gasteiger partial charge in [0, 0.05) is 11.1 Å². The second-order valence-corrected chi connectivity index (χ2v) is 5.93. The zero-order valence-electron chi connectivity index (χ0n) is 16.4. The van der Waals surface area contributed by atoms with Crippen LogP contribution < -0.4 is 20.5 Å². The maximum Gasteiger partial charge on any atom is 0.325 e. The highest BCUT2D eigenvalue weighted by Crippen LogP contribution is 2.28. The Morgan fingerprint density at radius 1 is 0.897 bits per heavy atom. The van der Waals surface area contributed by atoms with Crippen molar-refractivity contribution in [3.05, 3.63) is 59.2 Å². The number of esters is 1. The SMILES string of the molecule is CCOc1ccc(C(=O)NCC(=O)OCc2ccc(C(N)=O)cc2)cc1OCC. The van der Waals surface area contributed by atoms with Crippen molar-refractivity contribution in [1.82, 2.24) is 5.32 Å². The lowest BCUT2D eigenvalue weighted by molar-refractivity contribution is -0.143. The van der Waals surface area contributed by atoms with Gasteiger partial charge >= 0.3 is 5.97 Å². The molecule has 8 heteroatoms. The van der Waals surface area contributed by atoms with Crippen LogP contribution >= 0.6 is 0 Å². The van der Waals surface area contributed by atoms with E-state index in [1.165, 1.54) is 0 Å². The van der Waals surface area contributed by atoms with Gasteiger partial charge in [0.2, 0.25) is 5.91 Å². The van der Waals surface area contributed by atoms with Gasteiger partial charge in [0.25, 0.3) is 5.91 Å². The normalized spacial score (nSPS) is 10.1. The Labute approximate surface area is 168 Å². The van der Waals surface area contributed by atoms with Crippen LogP contribution in [0.1, 0.15) is 40.1 Å². The van der Waals surface area contributed by atoms with Crippen LogP contribution in [0.4, 0.5) is 0 Å². The number of carbonyl (C=O) groups excluding carboxylic acids is 3. The Hall–Kier alpha value is -3.55. The predicted octanol–water partition coefficient (Wildman–Crippen LogP) is 2.06. The van der Waals surface area contributed by atoms with Gasteiger partial charge in [-0.15, -0.1) is 0 Å². The molecule has 0 aliphatic carbocycles. The van der Waals surface area contributed by atoms with Gasteiger partial charge < -0.3 is 25.3 Å². The maximum atomic E-state index is 12.3. The monoisotopic (exact) mass is 400 g/mol. The Morgan fingerprint density at radius 2 is 1.52 bits per heavy atom. The van der Waals surface area contributed by atoms with Crippen LogP contribution in [-0.4, -0.2) is 37.5 Å². The van der Waals surface area contributed by atoms with E-state index in [0.717, 1.165) is 0 Å². The second kappa shape index (κ2) is 10.7. The van der Waals surface area contributed by atoms with Crippen LogP contribution in [0.5, 0.6) is 11.5 Å². The van der Waals surface area contributed by atoms with Gasteiger partial charge in [0.15, 0.2) is 11.5 Å². The van der Waals surface area contributed by atoms with Gasteiger partial charge in [-0.1, -0.05) is 12.1 Å². The molecule has 0 saturated carbocycles. The lowest BCUT2D eigenvalue weighted by Crippen LogP contribution is -2.30. The predicted molar refractivity (Wildman–Crippen MR) is 106 cm³/mol. The van der Waals surface area contributed by atoms with Crippen molar-refractivity contribution in [2.75, 3.05) is 19.8 Å².